The molecule has 2 N–H and O–H groups in total. The molecular weight excluding hydrogens is 298 g/mol. The van der Waals surface area contributed by atoms with Crippen LogP contribution in [0.3, 0.4) is 0 Å². The number of hydrogen-bond acceptors (Lipinski definition) is 5. The van der Waals surface area contributed by atoms with Crippen LogP contribution >= 0.6 is 0 Å². The summed E-state index contributed by atoms with van der Waals surface area (Å²) in [4.78, 5) is 40.5. The minimum Gasteiger partial charge on any atom is -0.465 e. The van der Waals surface area contributed by atoms with Gasteiger partial charge in [-0.1, -0.05) is 0 Å². The van der Waals surface area contributed by atoms with Crippen LogP contribution in [0.25, 0.3) is 0 Å². The minimum atomic E-state index is -0.554. The van der Waals surface area contributed by atoms with E-state index in [4.69, 9.17) is 4.74 Å². The number of aromatic nitrogens is 1. The maximum atomic E-state index is 12.0. The molecule has 0 fully saturated rings. The molecular formula is C16H25N3O4. The van der Waals surface area contributed by atoms with Gasteiger partial charge < -0.3 is 19.9 Å². The molecule has 128 valence electrons. The van der Waals surface area contributed by atoms with Gasteiger partial charge in [-0.3, -0.25) is 9.59 Å². The number of carbonyl (C=O) groups excluding carboxylic acids is 3. The zero-order valence-electron chi connectivity index (χ0n) is 14.4. The maximum Gasteiger partial charge on any atom is 0.339 e. The second-order valence-electron chi connectivity index (χ2n) is 5.71. The molecule has 7 nitrogen and oxygen atoms in total. The fraction of sp³-hybridized carbons (Fsp3) is 0.562. The van der Waals surface area contributed by atoms with Gasteiger partial charge in [-0.05, 0) is 39.5 Å². The van der Waals surface area contributed by atoms with Gasteiger partial charge in [-0.25, -0.2) is 4.79 Å². The molecule has 0 unspecified atom stereocenters. The van der Waals surface area contributed by atoms with Crippen molar-refractivity contribution in [1.82, 2.24) is 15.2 Å². The number of amides is 1. The topological polar surface area (TPSA) is 91.5 Å². The molecule has 0 saturated heterocycles. The smallest absolute Gasteiger partial charge is 0.339 e. The Morgan fingerprint density at radius 1 is 1.26 bits per heavy atom. The molecule has 0 bridgehead atoms. The van der Waals surface area contributed by atoms with Gasteiger partial charge in [-0.15, -0.1) is 0 Å². The van der Waals surface area contributed by atoms with Crippen molar-refractivity contribution in [3.05, 3.63) is 22.5 Å². The van der Waals surface area contributed by atoms with E-state index >= 15 is 0 Å². The van der Waals surface area contributed by atoms with Gasteiger partial charge in [0.1, 0.15) is 0 Å². The third-order valence-corrected chi connectivity index (χ3v) is 3.51. The molecule has 0 spiro atoms. The fourth-order valence-electron chi connectivity index (χ4n) is 2.37. The van der Waals surface area contributed by atoms with Crippen LogP contribution in [0.1, 0.15) is 45.4 Å². The van der Waals surface area contributed by atoms with Crippen molar-refractivity contribution in [3.63, 3.8) is 0 Å². The van der Waals surface area contributed by atoms with E-state index in [2.05, 4.69) is 10.3 Å². The van der Waals surface area contributed by atoms with E-state index < -0.39 is 5.97 Å². The number of nitrogens with zero attached hydrogens (tertiary/aromatic N) is 1. The quantitative estimate of drug-likeness (QED) is 0.422. The predicted molar refractivity (Wildman–Crippen MR) is 86.8 cm³/mol. The lowest BCUT2D eigenvalue weighted by molar-refractivity contribution is -0.120. The molecule has 0 aliphatic carbocycles. The highest BCUT2D eigenvalue weighted by molar-refractivity contribution is 6.01. The van der Waals surface area contributed by atoms with Crippen LogP contribution < -0.4 is 5.32 Å². The molecule has 1 rings (SSSR count). The third kappa shape index (κ3) is 5.21. The van der Waals surface area contributed by atoms with Gasteiger partial charge in [0.05, 0.1) is 24.8 Å². The molecule has 7 heteroatoms. The van der Waals surface area contributed by atoms with Gasteiger partial charge >= 0.3 is 5.97 Å². The summed E-state index contributed by atoms with van der Waals surface area (Å²) in [5, 5.41) is 2.81. The fourth-order valence-corrected chi connectivity index (χ4v) is 2.37. The van der Waals surface area contributed by atoms with Crippen LogP contribution in [0.4, 0.5) is 0 Å². The Labute approximate surface area is 136 Å². The lowest BCUT2D eigenvalue weighted by Gasteiger charge is -2.10. The molecule has 1 heterocycles. The average molecular weight is 323 g/mol. The Hall–Kier alpha value is -2.15. The second-order valence-corrected chi connectivity index (χ2v) is 5.71. The zero-order chi connectivity index (χ0) is 17.6. The van der Waals surface area contributed by atoms with Gasteiger partial charge in [0.15, 0.2) is 5.78 Å². The van der Waals surface area contributed by atoms with Gasteiger partial charge in [0.25, 0.3) is 0 Å². The Morgan fingerprint density at radius 3 is 2.43 bits per heavy atom. The summed E-state index contributed by atoms with van der Waals surface area (Å²) in [6.45, 7) is 4.51. The van der Waals surface area contributed by atoms with Crippen molar-refractivity contribution in [2.24, 2.45) is 0 Å². The van der Waals surface area contributed by atoms with E-state index in [0.29, 0.717) is 23.5 Å². The third-order valence-electron chi connectivity index (χ3n) is 3.51. The van der Waals surface area contributed by atoms with Crippen LogP contribution in [-0.2, 0) is 16.0 Å². The number of rotatable bonds is 8. The van der Waals surface area contributed by atoms with Crippen LogP contribution in [-0.4, -0.2) is 61.8 Å². The number of nitrogens with one attached hydrogen (secondary N) is 2. The van der Waals surface area contributed by atoms with Crippen LogP contribution in [0.5, 0.6) is 0 Å². The molecule has 0 aliphatic heterocycles. The second kappa shape index (κ2) is 8.47. The molecule has 0 saturated carbocycles. The minimum absolute atomic E-state index is 0.000514. The van der Waals surface area contributed by atoms with Gasteiger partial charge in [-0.2, -0.15) is 0 Å². The molecule has 0 aromatic carbocycles. The number of carbonyl (C=O) groups is 3. The normalized spacial score (nSPS) is 10.7. The van der Waals surface area contributed by atoms with Crippen molar-refractivity contribution < 1.29 is 19.1 Å². The van der Waals surface area contributed by atoms with Crippen molar-refractivity contribution in [1.29, 1.82) is 0 Å². The highest BCUT2D eigenvalue weighted by atomic mass is 16.5. The first kappa shape index (κ1) is 18.9. The summed E-state index contributed by atoms with van der Waals surface area (Å²) in [6, 6.07) is 0. The SMILES string of the molecule is COC(=O)c1c(CC(=O)NCCCN(C)C)[nH]c(C(C)=O)c1C. The Kier molecular flexibility index (Phi) is 6.96. The molecule has 23 heavy (non-hydrogen) atoms. The van der Waals surface area contributed by atoms with Gasteiger partial charge in [0, 0.05) is 19.2 Å². The molecule has 1 amide bonds. The molecule has 0 aliphatic rings. The van der Waals surface area contributed by atoms with Crippen molar-refractivity contribution in [2.75, 3.05) is 34.3 Å². The van der Waals surface area contributed by atoms with Gasteiger partial charge in [0.2, 0.25) is 5.91 Å². The van der Waals surface area contributed by atoms with E-state index in [1.165, 1.54) is 14.0 Å². The lowest BCUT2D eigenvalue weighted by Crippen LogP contribution is -2.29. The van der Waals surface area contributed by atoms with E-state index in [0.717, 1.165) is 13.0 Å². The highest BCUT2D eigenvalue weighted by Gasteiger charge is 2.24. The molecule has 1 aromatic rings. The number of esters is 1. The Morgan fingerprint density at radius 2 is 1.91 bits per heavy atom. The van der Waals surface area contributed by atoms with Crippen LogP contribution in [0.2, 0.25) is 0 Å². The number of ether oxygens (including phenoxy) is 1. The first-order valence-corrected chi connectivity index (χ1v) is 7.50. The van der Waals surface area contributed by atoms with E-state index in [9.17, 15) is 14.4 Å². The lowest BCUT2D eigenvalue weighted by atomic mass is 10.1. The predicted octanol–water partition coefficient (Wildman–Crippen LogP) is 0.923. The number of methoxy groups -OCH3 is 1. The highest BCUT2D eigenvalue weighted by Crippen LogP contribution is 2.20. The summed E-state index contributed by atoms with van der Waals surface area (Å²) in [6.07, 6.45) is 0.839. The van der Waals surface area contributed by atoms with E-state index in [1.807, 2.05) is 19.0 Å². The Bertz CT molecular complexity index is 590. The summed E-state index contributed by atoms with van der Waals surface area (Å²) in [5.74, 6) is -0.947. The van der Waals surface area contributed by atoms with Crippen LogP contribution in [0, 0.1) is 6.92 Å². The van der Waals surface area contributed by atoms with E-state index in [1.54, 1.807) is 6.92 Å². The summed E-state index contributed by atoms with van der Waals surface area (Å²) >= 11 is 0. The monoisotopic (exact) mass is 323 g/mol. The maximum absolute atomic E-state index is 12.0. The summed E-state index contributed by atoms with van der Waals surface area (Å²) < 4.78 is 4.75. The standard InChI is InChI=1S/C16H25N3O4/c1-10-14(16(22)23-5)12(18-15(10)11(2)20)9-13(21)17-7-6-8-19(3)4/h18H,6-9H2,1-5H3,(H,17,21). The Balaban J connectivity index is 2.82. The zero-order valence-corrected chi connectivity index (χ0v) is 14.4. The average Bonchev–Trinajstić information content (AvgIpc) is 2.79. The van der Waals surface area contributed by atoms with Crippen molar-refractivity contribution in [3.8, 4) is 0 Å². The summed E-state index contributed by atoms with van der Waals surface area (Å²) in [5.41, 5.74) is 1.52. The number of ketones is 1. The first-order chi connectivity index (χ1) is 10.8. The summed E-state index contributed by atoms with van der Waals surface area (Å²) in [7, 11) is 5.21. The number of hydrogen-bond donors (Lipinski definition) is 2. The van der Waals surface area contributed by atoms with Crippen LogP contribution in [0.15, 0.2) is 0 Å². The first-order valence-electron chi connectivity index (χ1n) is 7.50. The number of aromatic amines is 1. The van der Waals surface area contributed by atoms with Crippen molar-refractivity contribution in [2.45, 2.75) is 26.7 Å². The largest absolute Gasteiger partial charge is 0.465 e. The molecule has 0 radical (unpaired) electrons. The number of Topliss-reactive ketones (excluding diaryl/α,β-unsaturated/α-hetero) is 1. The van der Waals surface area contributed by atoms with Crippen molar-refractivity contribution >= 4 is 17.7 Å². The molecule has 1 aromatic heterocycles. The number of H-pyrrole nitrogens is 1. The molecule has 0 atom stereocenters. The van der Waals surface area contributed by atoms with E-state index in [-0.39, 0.29) is 23.7 Å².